The maximum Gasteiger partial charge on any atom is 0.212 e. The van der Waals surface area contributed by atoms with E-state index in [-0.39, 0.29) is 0 Å². The molecule has 0 bridgehead atoms. The monoisotopic (exact) mass is 335 g/mol. The Hall–Kier alpha value is -1.46. The molecule has 0 aliphatic heterocycles. The van der Waals surface area contributed by atoms with Crippen molar-refractivity contribution in [3.8, 4) is 5.88 Å². The van der Waals surface area contributed by atoms with E-state index in [2.05, 4.69) is 31.2 Å². The second kappa shape index (κ2) is 7.36. The van der Waals surface area contributed by atoms with Crippen molar-refractivity contribution in [1.29, 1.82) is 0 Å². The molecule has 0 aliphatic carbocycles. The molecule has 2 aromatic heterocycles. The Morgan fingerprint density at radius 3 is 2.55 bits per heavy atom. The van der Waals surface area contributed by atoms with Crippen LogP contribution in [0.15, 0.2) is 41.1 Å². The summed E-state index contributed by atoms with van der Waals surface area (Å²) in [5.74, 6) is 0.643. The normalized spacial score (nSPS) is 12.2. The molecular weight excluding hydrogens is 318 g/mol. The summed E-state index contributed by atoms with van der Waals surface area (Å²) in [5.41, 5.74) is 2.26. The van der Waals surface area contributed by atoms with E-state index in [4.69, 9.17) is 4.74 Å². The van der Waals surface area contributed by atoms with E-state index in [1.807, 2.05) is 43.7 Å². The summed E-state index contributed by atoms with van der Waals surface area (Å²) in [6.45, 7) is 0. The van der Waals surface area contributed by atoms with Crippen LogP contribution in [0.3, 0.4) is 0 Å². The average Bonchev–Trinajstić information content (AvgIpc) is 2.49. The first-order chi connectivity index (χ1) is 9.71. The Morgan fingerprint density at radius 1 is 1.15 bits per heavy atom. The molecule has 4 nitrogen and oxygen atoms in total. The van der Waals surface area contributed by atoms with E-state index < -0.39 is 0 Å². The van der Waals surface area contributed by atoms with E-state index >= 15 is 0 Å². The van der Waals surface area contributed by atoms with E-state index in [0.29, 0.717) is 11.9 Å². The number of methoxy groups -OCH3 is 1. The average molecular weight is 336 g/mol. The standard InChI is InChI=1S/C15H18BrN3O/c1-17-14(8-13-5-4-12(16)10-18-13)7-11-3-6-15(20-2)19-9-11/h3-6,9-10,14,17H,7-8H2,1-2H3. The lowest BCUT2D eigenvalue weighted by molar-refractivity contribution is 0.397. The summed E-state index contributed by atoms with van der Waals surface area (Å²) in [6, 6.07) is 8.33. The summed E-state index contributed by atoms with van der Waals surface area (Å²) in [7, 11) is 3.60. The third kappa shape index (κ3) is 4.28. The van der Waals surface area contributed by atoms with Gasteiger partial charge in [-0.1, -0.05) is 6.07 Å². The van der Waals surface area contributed by atoms with Gasteiger partial charge in [-0.25, -0.2) is 4.98 Å². The minimum Gasteiger partial charge on any atom is -0.481 e. The molecule has 2 heterocycles. The number of hydrogen-bond donors (Lipinski definition) is 1. The van der Waals surface area contributed by atoms with Crippen LogP contribution in [-0.2, 0) is 12.8 Å². The molecule has 0 radical (unpaired) electrons. The van der Waals surface area contributed by atoms with E-state index in [1.165, 1.54) is 5.56 Å². The maximum atomic E-state index is 5.07. The van der Waals surface area contributed by atoms with Gasteiger partial charge in [-0.05, 0) is 47.1 Å². The molecular formula is C15H18BrN3O. The van der Waals surface area contributed by atoms with Gasteiger partial charge in [0, 0.05) is 41.1 Å². The smallest absolute Gasteiger partial charge is 0.212 e. The van der Waals surface area contributed by atoms with Gasteiger partial charge in [-0.3, -0.25) is 4.98 Å². The molecule has 1 unspecified atom stereocenters. The summed E-state index contributed by atoms with van der Waals surface area (Å²) in [6.07, 6.45) is 5.48. The number of ether oxygens (including phenoxy) is 1. The predicted molar refractivity (Wildman–Crippen MR) is 83.0 cm³/mol. The molecule has 0 saturated carbocycles. The van der Waals surface area contributed by atoms with Gasteiger partial charge in [0.1, 0.15) is 0 Å². The SMILES string of the molecule is CNC(Cc1ccc(OC)nc1)Cc1ccc(Br)cn1. The highest BCUT2D eigenvalue weighted by atomic mass is 79.9. The third-order valence-electron chi connectivity index (χ3n) is 3.14. The number of nitrogens with one attached hydrogen (secondary N) is 1. The van der Waals surface area contributed by atoms with Crippen LogP contribution in [0.5, 0.6) is 5.88 Å². The van der Waals surface area contributed by atoms with Crippen LogP contribution in [0.4, 0.5) is 0 Å². The zero-order valence-corrected chi connectivity index (χ0v) is 13.2. The molecule has 20 heavy (non-hydrogen) atoms. The van der Waals surface area contributed by atoms with Crippen molar-refractivity contribution in [2.24, 2.45) is 0 Å². The zero-order valence-electron chi connectivity index (χ0n) is 11.6. The van der Waals surface area contributed by atoms with Gasteiger partial charge in [-0.15, -0.1) is 0 Å². The fourth-order valence-corrected chi connectivity index (χ4v) is 2.23. The molecule has 106 valence electrons. The van der Waals surface area contributed by atoms with Crippen molar-refractivity contribution in [2.45, 2.75) is 18.9 Å². The highest BCUT2D eigenvalue weighted by Crippen LogP contribution is 2.12. The number of rotatable bonds is 6. The van der Waals surface area contributed by atoms with Gasteiger partial charge in [-0.2, -0.15) is 0 Å². The number of pyridine rings is 2. The topological polar surface area (TPSA) is 47.0 Å². The highest BCUT2D eigenvalue weighted by Gasteiger charge is 2.10. The predicted octanol–water partition coefficient (Wildman–Crippen LogP) is 2.62. The second-order valence-corrected chi connectivity index (χ2v) is 5.49. The molecule has 0 aromatic carbocycles. The van der Waals surface area contributed by atoms with Crippen LogP contribution in [0, 0.1) is 0 Å². The van der Waals surface area contributed by atoms with Crippen molar-refractivity contribution >= 4 is 15.9 Å². The zero-order chi connectivity index (χ0) is 14.4. The number of nitrogens with zero attached hydrogens (tertiary/aromatic N) is 2. The van der Waals surface area contributed by atoms with Gasteiger partial charge in [0.15, 0.2) is 0 Å². The lowest BCUT2D eigenvalue weighted by Crippen LogP contribution is -2.30. The Bertz CT molecular complexity index is 528. The van der Waals surface area contributed by atoms with E-state index in [1.54, 1.807) is 7.11 Å². The lowest BCUT2D eigenvalue weighted by Gasteiger charge is -2.15. The van der Waals surface area contributed by atoms with Crippen molar-refractivity contribution in [1.82, 2.24) is 15.3 Å². The molecule has 0 aliphatic rings. The van der Waals surface area contributed by atoms with Crippen molar-refractivity contribution in [3.63, 3.8) is 0 Å². The Kier molecular flexibility index (Phi) is 5.49. The highest BCUT2D eigenvalue weighted by molar-refractivity contribution is 9.10. The fraction of sp³-hybridized carbons (Fsp3) is 0.333. The van der Waals surface area contributed by atoms with Crippen LogP contribution >= 0.6 is 15.9 Å². The maximum absolute atomic E-state index is 5.07. The van der Waals surface area contributed by atoms with Gasteiger partial charge >= 0.3 is 0 Å². The van der Waals surface area contributed by atoms with Crippen LogP contribution < -0.4 is 10.1 Å². The molecule has 5 heteroatoms. The number of hydrogen-bond acceptors (Lipinski definition) is 4. The molecule has 1 N–H and O–H groups in total. The summed E-state index contributed by atoms with van der Waals surface area (Å²) >= 11 is 3.40. The molecule has 0 fully saturated rings. The second-order valence-electron chi connectivity index (χ2n) is 4.57. The fourth-order valence-electron chi connectivity index (χ4n) is 1.99. The van der Waals surface area contributed by atoms with Crippen LogP contribution in [-0.4, -0.2) is 30.2 Å². The van der Waals surface area contributed by atoms with Gasteiger partial charge < -0.3 is 10.1 Å². The molecule has 0 spiro atoms. The van der Waals surface area contributed by atoms with E-state index in [9.17, 15) is 0 Å². The largest absolute Gasteiger partial charge is 0.481 e. The van der Waals surface area contributed by atoms with Crippen LogP contribution in [0.2, 0.25) is 0 Å². The van der Waals surface area contributed by atoms with Crippen LogP contribution in [0.25, 0.3) is 0 Å². The van der Waals surface area contributed by atoms with Gasteiger partial charge in [0.25, 0.3) is 0 Å². The molecule has 0 saturated heterocycles. The minimum atomic E-state index is 0.332. The van der Waals surface area contributed by atoms with Crippen molar-refractivity contribution < 1.29 is 4.74 Å². The Morgan fingerprint density at radius 2 is 2.00 bits per heavy atom. The molecule has 1 atom stereocenters. The summed E-state index contributed by atoms with van der Waals surface area (Å²) in [5, 5.41) is 3.33. The minimum absolute atomic E-state index is 0.332. The van der Waals surface area contributed by atoms with Gasteiger partial charge in [0.05, 0.1) is 7.11 Å². The number of halogens is 1. The lowest BCUT2D eigenvalue weighted by atomic mass is 10.0. The summed E-state index contributed by atoms with van der Waals surface area (Å²) in [4.78, 5) is 8.64. The quantitative estimate of drug-likeness (QED) is 0.881. The third-order valence-corrected chi connectivity index (χ3v) is 3.61. The van der Waals surface area contributed by atoms with Crippen molar-refractivity contribution in [2.75, 3.05) is 14.2 Å². The Labute approximate surface area is 127 Å². The summed E-state index contributed by atoms with van der Waals surface area (Å²) < 4.78 is 6.07. The molecule has 0 amide bonds. The van der Waals surface area contributed by atoms with E-state index in [0.717, 1.165) is 23.0 Å². The van der Waals surface area contributed by atoms with Crippen LogP contribution in [0.1, 0.15) is 11.3 Å². The number of likely N-dealkylation sites (N-methyl/N-ethyl adjacent to an activating group) is 1. The first-order valence-corrected chi connectivity index (χ1v) is 7.27. The Balaban J connectivity index is 1.99. The number of aromatic nitrogens is 2. The molecule has 2 rings (SSSR count). The van der Waals surface area contributed by atoms with Crippen molar-refractivity contribution in [3.05, 3.63) is 52.4 Å². The molecule has 2 aromatic rings. The first kappa shape index (κ1) is 14.9. The van der Waals surface area contributed by atoms with Gasteiger partial charge in [0.2, 0.25) is 5.88 Å². The first-order valence-electron chi connectivity index (χ1n) is 6.48.